The molecule has 1 aliphatic heterocycles. The molecule has 9 heteroatoms. The van der Waals surface area contributed by atoms with Crippen molar-refractivity contribution in [2.75, 3.05) is 45.3 Å². The van der Waals surface area contributed by atoms with E-state index in [1.54, 1.807) is 9.80 Å². The standard InChI is InChI=1S/C15H27N5O4/c1-15(2,3)23-14(21)20-6-7-22-10-11(9-20)16-8-12-17-13(18-24-12)19(4)5/h11,16H,6-10H2,1-5H3. The van der Waals surface area contributed by atoms with Gasteiger partial charge in [0.2, 0.25) is 5.89 Å². The Balaban J connectivity index is 1.88. The Morgan fingerprint density at radius 3 is 2.83 bits per heavy atom. The zero-order valence-electron chi connectivity index (χ0n) is 15.0. The number of hydrogen-bond donors (Lipinski definition) is 1. The molecule has 1 amide bonds. The third kappa shape index (κ3) is 5.64. The molecule has 1 aromatic heterocycles. The molecule has 0 aromatic carbocycles. The largest absolute Gasteiger partial charge is 0.444 e. The van der Waals surface area contributed by atoms with Crippen molar-refractivity contribution in [2.24, 2.45) is 0 Å². The van der Waals surface area contributed by atoms with Crippen LogP contribution in [0.5, 0.6) is 0 Å². The average Bonchev–Trinajstić information content (AvgIpc) is 2.82. The molecule has 1 fully saturated rings. The molecule has 0 spiro atoms. The molecule has 0 bridgehead atoms. The van der Waals surface area contributed by atoms with Crippen molar-refractivity contribution >= 4 is 12.0 Å². The Labute approximate surface area is 142 Å². The summed E-state index contributed by atoms with van der Waals surface area (Å²) in [5.41, 5.74) is -0.514. The van der Waals surface area contributed by atoms with E-state index in [0.29, 0.717) is 44.7 Å². The first-order valence-electron chi connectivity index (χ1n) is 8.03. The fourth-order valence-corrected chi connectivity index (χ4v) is 2.16. The number of ether oxygens (including phenoxy) is 2. The van der Waals surface area contributed by atoms with Crippen LogP contribution in [-0.4, -0.2) is 73.2 Å². The molecule has 1 N–H and O–H groups in total. The van der Waals surface area contributed by atoms with Gasteiger partial charge in [0.1, 0.15) is 5.60 Å². The first kappa shape index (κ1) is 18.5. The number of carbonyl (C=O) groups excluding carboxylic acids is 1. The van der Waals surface area contributed by atoms with Crippen LogP contribution in [0.15, 0.2) is 4.52 Å². The highest BCUT2D eigenvalue weighted by Crippen LogP contribution is 2.12. The van der Waals surface area contributed by atoms with Crippen LogP contribution in [-0.2, 0) is 16.0 Å². The van der Waals surface area contributed by atoms with Crippen molar-refractivity contribution in [2.45, 2.75) is 39.0 Å². The minimum atomic E-state index is -0.514. The summed E-state index contributed by atoms with van der Waals surface area (Å²) in [5, 5.41) is 7.15. The maximum atomic E-state index is 12.2. The van der Waals surface area contributed by atoms with E-state index in [0.717, 1.165) is 0 Å². The van der Waals surface area contributed by atoms with Gasteiger partial charge in [-0.1, -0.05) is 0 Å². The van der Waals surface area contributed by atoms with Gasteiger partial charge in [0, 0.05) is 33.2 Å². The molecule has 9 nitrogen and oxygen atoms in total. The number of aromatic nitrogens is 2. The Morgan fingerprint density at radius 1 is 1.46 bits per heavy atom. The summed E-state index contributed by atoms with van der Waals surface area (Å²) in [4.78, 5) is 19.9. The molecule has 0 radical (unpaired) electrons. The van der Waals surface area contributed by atoms with E-state index in [1.807, 2.05) is 34.9 Å². The molecular weight excluding hydrogens is 314 g/mol. The van der Waals surface area contributed by atoms with Gasteiger partial charge in [-0.25, -0.2) is 4.79 Å². The van der Waals surface area contributed by atoms with Crippen LogP contribution in [0.1, 0.15) is 26.7 Å². The highest BCUT2D eigenvalue weighted by Gasteiger charge is 2.26. The summed E-state index contributed by atoms with van der Waals surface area (Å²) < 4.78 is 16.2. The molecular formula is C15H27N5O4. The van der Waals surface area contributed by atoms with Crippen LogP contribution in [0.2, 0.25) is 0 Å². The zero-order valence-corrected chi connectivity index (χ0v) is 15.0. The number of nitrogens with one attached hydrogen (secondary N) is 1. The van der Waals surface area contributed by atoms with E-state index in [-0.39, 0.29) is 12.1 Å². The molecule has 2 rings (SSSR count). The Kier molecular flexibility index (Phi) is 6.00. The molecule has 0 aliphatic carbocycles. The fourth-order valence-electron chi connectivity index (χ4n) is 2.16. The summed E-state index contributed by atoms with van der Waals surface area (Å²) in [5.74, 6) is 1.02. The summed E-state index contributed by atoms with van der Waals surface area (Å²) in [7, 11) is 3.69. The van der Waals surface area contributed by atoms with E-state index in [2.05, 4.69) is 15.5 Å². The van der Waals surface area contributed by atoms with E-state index in [1.165, 1.54) is 0 Å². The topological polar surface area (TPSA) is 93.0 Å². The molecule has 1 aromatic rings. The lowest BCUT2D eigenvalue weighted by molar-refractivity contribution is 0.0238. The smallest absolute Gasteiger partial charge is 0.410 e. The van der Waals surface area contributed by atoms with Gasteiger partial charge in [0.15, 0.2) is 0 Å². The first-order valence-corrected chi connectivity index (χ1v) is 8.03. The normalized spacial score (nSPS) is 19.0. The molecule has 136 valence electrons. The Hall–Kier alpha value is -1.87. The minimum Gasteiger partial charge on any atom is -0.444 e. The number of anilines is 1. The van der Waals surface area contributed by atoms with Crippen LogP contribution in [0.25, 0.3) is 0 Å². The lowest BCUT2D eigenvalue weighted by atomic mass is 10.2. The summed E-state index contributed by atoms with van der Waals surface area (Å²) >= 11 is 0. The number of carbonyl (C=O) groups is 1. The molecule has 0 saturated carbocycles. The molecule has 24 heavy (non-hydrogen) atoms. The van der Waals surface area contributed by atoms with Crippen LogP contribution in [0.4, 0.5) is 10.7 Å². The van der Waals surface area contributed by atoms with Gasteiger partial charge in [0.25, 0.3) is 5.95 Å². The molecule has 2 heterocycles. The van der Waals surface area contributed by atoms with Crippen molar-refractivity contribution < 1.29 is 18.8 Å². The summed E-state index contributed by atoms with van der Waals surface area (Å²) in [6.45, 7) is 7.99. The second kappa shape index (κ2) is 7.80. The van der Waals surface area contributed by atoms with Gasteiger partial charge in [-0.2, -0.15) is 4.98 Å². The highest BCUT2D eigenvalue weighted by atomic mass is 16.6. The summed E-state index contributed by atoms with van der Waals surface area (Å²) in [6.07, 6.45) is -0.326. The fraction of sp³-hybridized carbons (Fsp3) is 0.800. The van der Waals surface area contributed by atoms with Crippen molar-refractivity contribution in [1.29, 1.82) is 0 Å². The maximum absolute atomic E-state index is 12.2. The van der Waals surface area contributed by atoms with Crippen molar-refractivity contribution in [3.63, 3.8) is 0 Å². The van der Waals surface area contributed by atoms with E-state index in [4.69, 9.17) is 14.0 Å². The highest BCUT2D eigenvalue weighted by molar-refractivity contribution is 5.68. The quantitative estimate of drug-likeness (QED) is 0.862. The van der Waals surface area contributed by atoms with E-state index < -0.39 is 5.60 Å². The first-order chi connectivity index (χ1) is 11.2. The Morgan fingerprint density at radius 2 is 2.21 bits per heavy atom. The van der Waals surface area contributed by atoms with Gasteiger partial charge in [0.05, 0.1) is 19.8 Å². The predicted octanol–water partition coefficient (Wildman–Crippen LogP) is 0.861. The zero-order chi connectivity index (χ0) is 17.7. The maximum Gasteiger partial charge on any atom is 0.410 e. The van der Waals surface area contributed by atoms with Gasteiger partial charge in [-0.05, 0) is 25.9 Å². The van der Waals surface area contributed by atoms with Gasteiger partial charge in [-0.3, -0.25) is 0 Å². The van der Waals surface area contributed by atoms with E-state index >= 15 is 0 Å². The van der Waals surface area contributed by atoms with Gasteiger partial charge >= 0.3 is 6.09 Å². The van der Waals surface area contributed by atoms with Crippen LogP contribution in [0.3, 0.4) is 0 Å². The molecule has 1 atom stereocenters. The minimum absolute atomic E-state index is 0.0327. The van der Waals surface area contributed by atoms with Crippen molar-refractivity contribution in [1.82, 2.24) is 20.4 Å². The molecule has 1 aliphatic rings. The molecule has 1 unspecified atom stereocenters. The van der Waals surface area contributed by atoms with E-state index in [9.17, 15) is 4.79 Å². The predicted molar refractivity (Wildman–Crippen MR) is 87.9 cm³/mol. The third-order valence-electron chi connectivity index (χ3n) is 3.32. The van der Waals surface area contributed by atoms with Gasteiger partial charge in [-0.15, -0.1) is 0 Å². The summed E-state index contributed by atoms with van der Waals surface area (Å²) in [6, 6.07) is -0.0327. The SMILES string of the molecule is CN(C)c1noc(CNC2COCCN(C(=O)OC(C)(C)C)C2)n1. The van der Waals surface area contributed by atoms with Crippen LogP contribution >= 0.6 is 0 Å². The van der Waals surface area contributed by atoms with Crippen LogP contribution < -0.4 is 10.2 Å². The lowest BCUT2D eigenvalue weighted by Crippen LogP contribution is -2.45. The molecule has 1 saturated heterocycles. The third-order valence-corrected chi connectivity index (χ3v) is 3.32. The lowest BCUT2D eigenvalue weighted by Gasteiger charge is -2.27. The number of rotatable bonds is 4. The second-order valence-corrected chi connectivity index (χ2v) is 6.96. The Bertz CT molecular complexity index is 540. The monoisotopic (exact) mass is 341 g/mol. The van der Waals surface area contributed by atoms with Crippen molar-refractivity contribution in [3.05, 3.63) is 5.89 Å². The van der Waals surface area contributed by atoms with Crippen molar-refractivity contribution in [3.8, 4) is 0 Å². The van der Waals surface area contributed by atoms with Gasteiger partial charge < -0.3 is 29.1 Å². The number of amides is 1. The number of hydrogen-bond acceptors (Lipinski definition) is 8. The second-order valence-electron chi connectivity index (χ2n) is 6.96. The van der Waals surface area contributed by atoms with Crippen LogP contribution in [0, 0.1) is 0 Å². The number of nitrogens with zero attached hydrogens (tertiary/aromatic N) is 4. The average molecular weight is 341 g/mol.